The van der Waals surface area contributed by atoms with Crippen LogP contribution in [-0.2, 0) is 23.2 Å². The largest absolute Gasteiger partial charge is 0.392 e. The molecule has 0 heterocycles. The molecule has 0 radical (unpaired) electrons. The Labute approximate surface area is 133 Å². The van der Waals surface area contributed by atoms with Gasteiger partial charge in [0.2, 0.25) is 10.0 Å². The summed E-state index contributed by atoms with van der Waals surface area (Å²) >= 11 is 0. The third-order valence-electron chi connectivity index (χ3n) is 3.65. The Kier molecular flexibility index (Phi) is 8.63. The highest BCUT2D eigenvalue weighted by molar-refractivity contribution is 7.89. The van der Waals surface area contributed by atoms with Crippen molar-refractivity contribution in [1.82, 2.24) is 4.72 Å². The second-order valence-corrected chi connectivity index (χ2v) is 7.18. The van der Waals surface area contributed by atoms with Gasteiger partial charge in [-0.15, -0.1) is 0 Å². The number of benzene rings is 1. The average molecular weight is 329 g/mol. The normalized spacial score (nSPS) is 11.8. The minimum atomic E-state index is -3.56. The van der Waals surface area contributed by atoms with Crippen molar-refractivity contribution in [2.45, 2.75) is 63.6 Å². The van der Waals surface area contributed by atoms with Crippen molar-refractivity contribution in [3.63, 3.8) is 0 Å². The fourth-order valence-electron chi connectivity index (χ4n) is 2.27. The summed E-state index contributed by atoms with van der Waals surface area (Å²) in [7, 11) is -3.56. The molecule has 1 aromatic carbocycles. The summed E-state index contributed by atoms with van der Waals surface area (Å²) in [5.41, 5.74) is 0.974. The molecule has 0 aromatic heterocycles. The highest BCUT2D eigenvalue weighted by Crippen LogP contribution is 2.16. The number of aliphatic hydroxyl groups excluding tert-OH is 2. The fraction of sp³-hybridized carbons (Fsp3) is 0.625. The van der Waals surface area contributed by atoms with Crippen LogP contribution < -0.4 is 4.72 Å². The van der Waals surface area contributed by atoms with E-state index in [4.69, 9.17) is 5.11 Å². The van der Waals surface area contributed by atoms with E-state index in [0.717, 1.165) is 19.3 Å². The number of nitrogens with one attached hydrogen (secondary N) is 1. The number of hydrogen-bond acceptors (Lipinski definition) is 4. The van der Waals surface area contributed by atoms with E-state index in [1.165, 1.54) is 37.5 Å². The molecule has 0 aliphatic heterocycles. The van der Waals surface area contributed by atoms with Crippen LogP contribution in [0.4, 0.5) is 0 Å². The minimum absolute atomic E-state index is 0.125. The van der Waals surface area contributed by atoms with Crippen LogP contribution in [0.15, 0.2) is 23.1 Å². The molecule has 0 fully saturated rings. The third-order valence-corrected chi connectivity index (χ3v) is 5.11. The first kappa shape index (κ1) is 19.1. The van der Waals surface area contributed by atoms with Gasteiger partial charge < -0.3 is 10.2 Å². The number of unbranched alkanes of at least 4 members (excludes halogenated alkanes) is 5. The lowest BCUT2D eigenvalue weighted by Crippen LogP contribution is -2.25. The molecule has 0 saturated carbocycles. The van der Waals surface area contributed by atoms with E-state index in [1.54, 1.807) is 0 Å². The topological polar surface area (TPSA) is 86.6 Å². The van der Waals surface area contributed by atoms with E-state index in [9.17, 15) is 13.5 Å². The van der Waals surface area contributed by atoms with Gasteiger partial charge in [-0.2, -0.15) is 0 Å². The Bertz CT molecular complexity index is 543. The van der Waals surface area contributed by atoms with Gasteiger partial charge in [-0.3, -0.25) is 0 Å². The second-order valence-electron chi connectivity index (χ2n) is 5.41. The van der Waals surface area contributed by atoms with Crippen LogP contribution in [0.25, 0.3) is 0 Å². The van der Waals surface area contributed by atoms with Gasteiger partial charge in [0.25, 0.3) is 0 Å². The molecule has 6 heteroatoms. The van der Waals surface area contributed by atoms with Crippen molar-refractivity contribution in [3.05, 3.63) is 29.3 Å². The van der Waals surface area contributed by atoms with Gasteiger partial charge >= 0.3 is 0 Å². The van der Waals surface area contributed by atoms with Crippen molar-refractivity contribution < 1.29 is 18.6 Å². The Morgan fingerprint density at radius 2 is 1.59 bits per heavy atom. The Morgan fingerprint density at radius 1 is 0.955 bits per heavy atom. The van der Waals surface area contributed by atoms with Crippen LogP contribution in [0.5, 0.6) is 0 Å². The zero-order valence-corrected chi connectivity index (χ0v) is 14.0. The second kappa shape index (κ2) is 9.94. The van der Waals surface area contributed by atoms with Crippen LogP contribution in [0.1, 0.15) is 56.6 Å². The predicted molar refractivity (Wildman–Crippen MR) is 86.9 cm³/mol. The first-order valence-electron chi connectivity index (χ1n) is 7.88. The Balaban J connectivity index is 2.52. The zero-order chi connectivity index (χ0) is 16.4. The van der Waals surface area contributed by atoms with Crippen molar-refractivity contribution in [3.8, 4) is 0 Å². The van der Waals surface area contributed by atoms with Gasteiger partial charge in [0.05, 0.1) is 18.1 Å². The highest BCUT2D eigenvalue weighted by Gasteiger charge is 2.15. The van der Waals surface area contributed by atoms with Crippen molar-refractivity contribution in [2.24, 2.45) is 0 Å². The van der Waals surface area contributed by atoms with E-state index in [2.05, 4.69) is 11.6 Å². The lowest BCUT2D eigenvalue weighted by Gasteiger charge is -2.10. The molecular weight excluding hydrogens is 302 g/mol. The van der Waals surface area contributed by atoms with Gasteiger partial charge in [0.15, 0.2) is 0 Å². The number of sulfonamides is 1. The Morgan fingerprint density at radius 3 is 2.23 bits per heavy atom. The van der Waals surface area contributed by atoms with Gasteiger partial charge in [-0.1, -0.05) is 45.1 Å². The smallest absolute Gasteiger partial charge is 0.240 e. The molecule has 0 spiro atoms. The molecule has 0 unspecified atom stereocenters. The molecule has 0 bridgehead atoms. The van der Waals surface area contributed by atoms with E-state index < -0.39 is 10.0 Å². The lowest BCUT2D eigenvalue weighted by molar-refractivity contribution is 0.259. The summed E-state index contributed by atoms with van der Waals surface area (Å²) in [6.07, 6.45) is 6.61. The summed E-state index contributed by atoms with van der Waals surface area (Å²) in [6, 6.07) is 4.40. The molecule has 0 aliphatic rings. The third kappa shape index (κ3) is 6.04. The van der Waals surface area contributed by atoms with Crippen LogP contribution in [0.3, 0.4) is 0 Å². The SMILES string of the molecule is CCCCCCCCNS(=O)(=O)c1ccc(CO)c(CO)c1. The molecule has 5 nitrogen and oxygen atoms in total. The monoisotopic (exact) mass is 329 g/mol. The average Bonchev–Trinajstić information content (AvgIpc) is 2.53. The van der Waals surface area contributed by atoms with Crippen LogP contribution in [0.2, 0.25) is 0 Å². The molecular formula is C16H27NO4S. The summed E-state index contributed by atoms with van der Waals surface area (Å²) in [5, 5.41) is 18.4. The van der Waals surface area contributed by atoms with Crippen LogP contribution in [0, 0.1) is 0 Å². The quantitative estimate of drug-likeness (QED) is 0.544. The van der Waals surface area contributed by atoms with E-state index in [0.29, 0.717) is 17.7 Å². The summed E-state index contributed by atoms with van der Waals surface area (Å²) < 4.78 is 26.9. The fourth-order valence-corrected chi connectivity index (χ4v) is 3.39. The van der Waals surface area contributed by atoms with Crippen LogP contribution in [-0.4, -0.2) is 25.2 Å². The van der Waals surface area contributed by atoms with Crippen molar-refractivity contribution >= 4 is 10.0 Å². The van der Waals surface area contributed by atoms with Crippen LogP contribution >= 0.6 is 0 Å². The number of rotatable bonds is 11. The van der Waals surface area contributed by atoms with Gasteiger partial charge in [0.1, 0.15) is 0 Å². The summed E-state index contributed by atoms with van der Waals surface area (Å²) in [4.78, 5) is 0.125. The highest BCUT2D eigenvalue weighted by atomic mass is 32.2. The van der Waals surface area contributed by atoms with E-state index in [1.807, 2.05) is 0 Å². The molecule has 0 amide bonds. The molecule has 22 heavy (non-hydrogen) atoms. The minimum Gasteiger partial charge on any atom is -0.392 e. The van der Waals surface area contributed by atoms with E-state index in [-0.39, 0.29) is 18.1 Å². The van der Waals surface area contributed by atoms with Gasteiger partial charge in [0, 0.05) is 6.54 Å². The van der Waals surface area contributed by atoms with Crippen molar-refractivity contribution in [1.29, 1.82) is 0 Å². The first-order chi connectivity index (χ1) is 10.5. The van der Waals surface area contributed by atoms with Gasteiger partial charge in [-0.05, 0) is 29.7 Å². The number of hydrogen-bond donors (Lipinski definition) is 3. The van der Waals surface area contributed by atoms with E-state index >= 15 is 0 Å². The molecule has 0 aliphatic carbocycles. The Hall–Kier alpha value is -0.950. The first-order valence-corrected chi connectivity index (χ1v) is 9.36. The summed E-state index contributed by atoms with van der Waals surface area (Å²) in [6.45, 7) is 2.07. The maximum absolute atomic E-state index is 12.2. The number of aliphatic hydroxyl groups is 2. The van der Waals surface area contributed by atoms with Crippen molar-refractivity contribution in [2.75, 3.05) is 6.54 Å². The maximum atomic E-state index is 12.2. The zero-order valence-electron chi connectivity index (χ0n) is 13.2. The van der Waals surface area contributed by atoms with Gasteiger partial charge in [-0.25, -0.2) is 13.1 Å². The molecule has 0 atom stereocenters. The molecule has 126 valence electrons. The maximum Gasteiger partial charge on any atom is 0.240 e. The molecule has 3 N–H and O–H groups in total. The molecule has 1 rings (SSSR count). The lowest BCUT2D eigenvalue weighted by atomic mass is 10.1. The molecule has 1 aromatic rings. The molecule has 0 saturated heterocycles. The predicted octanol–water partition coefficient (Wildman–Crippen LogP) is 2.31. The standard InChI is InChI=1S/C16H27NO4S/c1-2-3-4-5-6-7-10-17-22(20,21)16-9-8-14(12-18)15(11-16)13-19/h8-9,11,17-19H,2-7,10,12-13H2,1H3. The summed E-state index contributed by atoms with van der Waals surface area (Å²) in [5.74, 6) is 0.